The Balaban J connectivity index is 1.47. The van der Waals surface area contributed by atoms with Gasteiger partial charge in [-0.15, -0.1) is 0 Å². The van der Waals surface area contributed by atoms with Gasteiger partial charge in [0.15, 0.2) is 0 Å². The van der Waals surface area contributed by atoms with E-state index >= 15 is 0 Å². The molecule has 2 aromatic rings. The normalized spacial score (nSPS) is 21.4. The van der Waals surface area contributed by atoms with E-state index in [0.717, 1.165) is 0 Å². The van der Waals surface area contributed by atoms with E-state index in [-0.39, 0.29) is 43.1 Å². The number of hydrogen-bond acceptors (Lipinski definition) is 6. The summed E-state index contributed by atoms with van der Waals surface area (Å²) in [7, 11) is 4.87. The fourth-order valence-corrected chi connectivity index (χ4v) is 4.45. The van der Waals surface area contributed by atoms with E-state index in [0.29, 0.717) is 41.3 Å². The van der Waals surface area contributed by atoms with Crippen molar-refractivity contribution in [1.82, 2.24) is 10.2 Å². The maximum absolute atomic E-state index is 13.3. The minimum Gasteiger partial charge on any atom is -0.495 e. The molecule has 2 aromatic carbocycles. The predicted octanol–water partition coefficient (Wildman–Crippen LogP) is 2.86. The van der Waals surface area contributed by atoms with Crippen LogP contribution in [0.3, 0.4) is 0 Å². The zero-order chi connectivity index (χ0) is 24.9. The van der Waals surface area contributed by atoms with Crippen molar-refractivity contribution in [2.24, 2.45) is 0 Å². The lowest BCUT2D eigenvalue weighted by atomic mass is 9.94. The van der Waals surface area contributed by atoms with E-state index in [1.165, 1.54) is 7.11 Å². The number of amides is 4. The van der Waals surface area contributed by atoms with Crippen molar-refractivity contribution >= 4 is 29.2 Å². The number of ether oxygens (including phenoxy) is 3. The van der Waals surface area contributed by atoms with E-state index in [2.05, 4.69) is 16.0 Å². The lowest BCUT2D eigenvalue weighted by molar-refractivity contribution is -0.133. The van der Waals surface area contributed by atoms with Crippen LogP contribution in [0.5, 0.6) is 11.5 Å². The molecule has 2 heterocycles. The van der Waals surface area contributed by atoms with Gasteiger partial charge in [0.25, 0.3) is 5.91 Å². The van der Waals surface area contributed by atoms with Crippen LogP contribution in [0.15, 0.2) is 42.5 Å². The summed E-state index contributed by atoms with van der Waals surface area (Å²) in [6, 6.07) is 11.4. The van der Waals surface area contributed by atoms with E-state index in [4.69, 9.17) is 14.2 Å². The number of rotatable bonds is 5. The van der Waals surface area contributed by atoms with Crippen molar-refractivity contribution in [3.05, 3.63) is 48.0 Å². The van der Waals surface area contributed by atoms with Crippen LogP contribution < -0.4 is 25.4 Å². The van der Waals surface area contributed by atoms with Gasteiger partial charge in [0.2, 0.25) is 5.91 Å². The number of likely N-dealkylation sites (N-methyl/N-ethyl adjacent to an activating group) is 1. The van der Waals surface area contributed by atoms with Gasteiger partial charge in [-0.3, -0.25) is 9.59 Å². The van der Waals surface area contributed by atoms with Crippen molar-refractivity contribution in [2.45, 2.75) is 37.5 Å². The molecule has 1 fully saturated rings. The molecule has 2 aliphatic rings. The minimum atomic E-state index is -0.468. The van der Waals surface area contributed by atoms with Gasteiger partial charge in [0.05, 0.1) is 36.9 Å². The van der Waals surface area contributed by atoms with Gasteiger partial charge in [0.1, 0.15) is 24.2 Å². The topological polar surface area (TPSA) is 118 Å². The maximum Gasteiger partial charge on any atom is 0.323 e. The molecule has 0 spiro atoms. The summed E-state index contributed by atoms with van der Waals surface area (Å²) < 4.78 is 17.4. The first kappa shape index (κ1) is 24.3. The highest BCUT2D eigenvalue weighted by Crippen LogP contribution is 2.32. The van der Waals surface area contributed by atoms with Crippen LogP contribution in [0.2, 0.25) is 0 Å². The van der Waals surface area contributed by atoms with Crippen LogP contribution in [0.1, 0.15) is 29.6 Å². The molecule has 186 valence electrons. The average Bonchev–Trinajstić information content (AvgIpc) is 2.86. The molecule has 2 aliphatic heterocycles. The number of urea groups is 1. The maximum atomic E-state index is 13.3. The summed E-state index contributed by atoms with van der Waals surface area (Å²) in [6.07, 6.45) is 1.09. The minimum absolute atomic E-state index is 0.0789. The van der Waals surface area contributed by atoms with E-state index in [9.17, 15) is 14.4 Å². The quantitative estimate of drug-likeness (QED) is 0.603. The summed E-state index contributed by atoms with van der Waals surface area (Å²) in [5, 5.41) is 8.12. The van der Waals surface area contributed by atoms with Gasteiger partial charge in [0, 0.05) is 19.8 Å². The molecule has 0 unspecified atom stereocenters. The Labute approximate surface area is 203 Å². The standard InChI is InChI=1S/C25H30N4O6/c1-26-23(30)13-16-9-10-19-22(35-16)14-34-20-11-8-15(12-17(20)24(31)29(19)2)27-25(32)28-18-6-4-5-7-21(18)33-3/h4-8,11-12,16,19,22H,9-10,13-14H2,1-3H3,(H,26,30)(H2,27,28,32)/t16-,19+,22+/m0/s1. The number of benzene rings is 2. The smallest absolute Gasteiger partial charge is 0.323 e. The van der Waals surface area contributed by atoms with Crippen molar-refractivity contribution in [1.29, 1.82) is 0 Å². The number of carbonyl (C=O) groups excluding carboxylic acids is 3. The number of carbonyl (C=O) groups is 3. The predicted molar refractivity (Wildman–Crippen MR) is 130 cm³/mol. The lowest BCUT2D eigenvalue weighted by Crippen LogP contribution is -2.53. The largest absolute Gasteiger partial charge is 0.495 e. The second-order valence-electron chi connectivity index (χ2n) is 8.54. The van der Waals surface area contributed by atoms with Crippen molar-refractivity contribution in [2.75, 3.05) is 38.4 Å². The number of nitrogens with zero attached hydrogens (tertiary/aromatic N) is 1. The van der Waals surface area contributed by atoms with Gasteiger partial charge in [-0.2, -0.15) is 0 Å². The van der Waals surface area contributed by atoms with Crippen LogP contribution in [-0.4, -0.2) is 68.8 Å². The zero-order valence-corrected chi connectivity index (χ0v) is 20.0. The number of hydrogen-bond donors (Lipinski definition) is 3. The van der Waals surface area contributed by atoms with Crippen LogP contribution in [0.25, 0.3) is 0 Å². The molecule has 0 bridgehead atoms. The molecule has 4 amide bonds. The summed E-state index contributed by atoms with van der Waals surface area (Å²) >= 11 is 0. The number of methoxy groups -OCH3 is 1. The van der Waals surface area contributed by atoms with Gasteiger partial charge in [-0.1, -0.05) is 12.1 Å². The molecule has 10 heteroatoms. The van der Waals surface area contributed by atoms with Crippen LogP contribution in [0, 0.1) is 0 Å². The first-order valence-corrected chi connectivity index (χ1v) is 11.5. The average molecular weight is 483 g/mol. The second-order valence-corrected chi connectivity index (χ2v) is 8.54. The molecule has 0 aliphatic carbocycles. The Morgan fingerprint density at radius 2 is 1.94 bits per heavy atom. The highest BCUT2D eigenvalue weighted by Gasteiger charge is 2.39. The molecule has 10 nitrogen and oxygen atoms in total. The first-order chi connectivity index (χ1) is 16.9. The monoisotopic (exact) mass is 482 g/mol. The second kappa shape index (κ2) is 10.6. The summed E-state index contributed by atoms with van der Waals surface area (Å²) in [5.74, 6) is 0.641. The SMILES string of the molecule is CNC(=O)C[C@@H]1CC[C@@H]2[C@@H](COc3ccc(NC(=O)Nc4ccccc4OC)cc3C(=O)N2C)O1. The highest BCUT2D eigenvalue weighted by molar-refractivity contribution is 6.03. The Hall–Kier alpha value is -3.79. The number of nitrogens with one attached hydrogen (secondary N) is 3. The molecule has 0 saturated carbocycles. The number of anilines is 2. The molecule has 3 N–H and O–H groups in total. The molecule has 3 atom stereocenters. The third kappa shape index (κ3) is 5.48. The van der Waals surface area contributed by atoms with Gasteiger partial charge in [-0.25, -0.2) is 4.79 Å². The van der Waals surface area contributed by atoms with Gasteiger partial charge < -0.3 is 35.1 Å². The molecule has 0 aromatic heterocycles. The summed E-state index contributed by atoms with van der Waals surface area (Å²) in [6.45, 7) is 0.251. The molecular weight excluding hydrogens is 452 g/mol. The summed E-state index contributed by atoms with van der Waals surface area (Å²) in [5.41, 5.74) is 1.33. The Bertz CT molecular complexity index is 1110. The van der Waals surface area contributed by atoms with E-state index < -0.39 is 6.03 Å². The van der Waals surface area contributed by atoms with E-state index in [1.54, 1.807) is 55.4 Å². The fourth-order valence-electron chi connectivity index (χ4n) is 4.45. The molecular formula is C25H30N4O6. The molecule has 0 radical (unpaired) electrons. The van der Waals surface area contributed by atoms with Crippen molar-refractivity contribution in [3.63, 3.8) is 0 Å². The van der Waals surface area contributed by atoms with Crippen molar-refractivity contribution < 1.29 is 28.6 Å². The number of para-hydroxylation sites is 2. The van der Waals surface area contributed by atoms with Crippen LogP contribution in [0.4, 0.5) is 16.2 Å². The van der Waals surface area contributed by atoms with Gasteiger partial charge in [-0.05, 0) is 43.2 Å². The lowest BCUT2D eigenvalue weighted by Gasteiger charge is -2.42. The molecule has 35 heavy (non-hydrogen) atoms. The highest BCUT2D eigenvalue weighted by atomic mass is 16.5. The first-order valence-electron chi connectivity index (χ1n) is 11.5. The third-order valence-corrected chi connectivity index (χ3v) is 6.32. The molecule has 4 rings (SSSR count). The number of fused-ring (bicyclic) bond motifs is 2. The fraction of sp³-hybridized carbons (Fsp3) is 0.400. The molecule has 1 saturated heterocycles. The van der Waals surface area contributed by atoms with Crippen molar-refractivity contribution in [3.8, 4) is 11.5 Å². The summed E-state index contributed by atoms with van der Waals surface area (Å²) in [4.78, 5) is 39.3. The van der Waals surface area contributed by atoms with Crippen LogP contribution in [-0.2, 0) is 9.53 Å². The van der Waals surface area contributed by atoms with Crippen LogP contribution >= 0.6 is 0 Å². The van der Waals surface area contributed by atoms with E-state index in [1.807, 2.05) is 6.07 Å². The Kier molecular flexibility index (Phi) is 7.40. The Morgan fingerprint density at radius 3 is 2.71 bits per heavy atom. The third-order valence-electron chi connectivity index (χ3n) is 6.32. The van der Waals surface area contributed by atoms with Gasteiger partial charge >= 0.3 is 6.03 Å². The zero-order valence-electron chi connectivity index (χ0n) is 20.0. The Morgan fingerprint density at radius 1 is 1.14 bits per heavy atom.